The minimum atomic E-state index is -0.486. The molecule has 116 valence electrons. The topological polar surface area (TPSA) is 70.7 Å². The van der Waals surface area contributed by atoms with E-state index >= 15 is 0 Å². The molecule has 1 heterocycles. The highest BCUT2D eigenvalue weighted by Gasteiger charge is 2.07. The van der Waals surface area contributed by atoms with Crippen LogP contribution in [0, 0.1) is 5.92 Å². The van der Waals surface area contributed by atoms with E-state index in [1.807, 2.05) is 32.9 Å². The summed E-state index contributed by atoms with van der Waals surface area (Å²) in [5.74, 6) is 0.440. The standard InChI is InChI=1S/C13H14O3.C4H10O/c1-2-3-11(14)10-5-4-9-6-7-13(15)16-12(9)8-10;1-4(2)3-5/h4-8,11,14H,2-3H2,1H3;4-5H,3H2,1-2H3. The lowest BCUT2D eigenvalue weighted by molar-refractivity contribution is 0.166. The molecule has 2 N–H and O–H groups in total. The van der Waals surface area contributed by atoms with E-state index in [1.54, 1.807) is 12.1 Å². The van der Waals surface area contributed by atoms with Gasteiger partial charge in [-0.15, -0.1) is 0 Å². The molecule has 21 heavy (non-hydrogen) atoms. The Labute approximate surface area is 125 Å². The summed E-state index contributed by atoms with van der Waals surface area (Å²) in [6.45, 7) is 6.27. The number of hydrogen-bond acceptors (Lipinski definition) is 4. The summed E-state index contributed by atoms with van der Waals surface area (Å²) in [7, 11) is 0. The lowest BCUT2D eigenvalue weighted by Crippen LogP contribution is -1.98. The van der Waals surface area contributed by atoms with Gasteiger partial charge in [0.15, 0.2) is 0 Å². The van der Waals surface area contributed by atoms with Gasteiger partial charge in [-0.1, -0.05) is 39.3 Å². The molecule has 0 saturated heterocycles. The van der Waals surface area contributed by atoms with Crippen molar-refractivity contribution in [3.63, 3.8) is 0 Å². The summed E-state index contributed by atoms with van der Waals surface area (Å²) in [5.41, 5.74) is 0.957. The first-order chi connectivity index (χ1) is 9.97. The van der Waals surface area contributed by atoms with Gasteiger partial charge in [-0.3, -0.25) is 0 Å². The van der Waals surface area contributed by atoms with Gasteiger partial charge in [0, 0.05) is 18.1 Å². The number of aliphatic hydroxyl groups is 2. The second-order valence-corrected chi connectivity index (χ2v) is 5.43. The molecule has 0 aliphatic heterocycles. The van der Waals surface area contributed by atoms with Crippen molar-refractivity contribution >= 4 is 11.0 Å². The first-order valence-corrected chi connectivity index (χ1v) is 7.30. The van der Waals surface area contributed by atoms with Crippen molar-refractivity contribution in [1.29, 1.82) is 0 Å². The van der Waals surface area contributed by atoms with Crippen LogP contribution >= 0.6 is 0 Å². The zero-order valence-electron chi connectivity index (χ0n) is 12.9. The van der Waals surface area contributed by atoms with E-state index in [0.29, 0.717) is 24.5 Å². The van der Waals surface area contributed by atoms with Crippen molar-refractivity contribution in [1.82, 2.24) is 0 Å². The zero-order chi connectivity index (χ0) is 15.8. The van der Waals surface area contributed by atoms with Gasteiger partial charge < -0.3 is 14.6 Å². The Hall–Kier alpha value is -1.65. The second kappa shape index (κ2) is 8.60. The van der Waals surface area contributed by atoms with Crippen LogP contribution in [0.3, 0.4) is 0 Å². The van der Waals surface area contributed by atoms with Crippen LogP contribution in [-0.2, 0) is 0 Å². The van der Waals surface area contributed by atoms with E-state index in [0.717, 1.165) is 17.4 Å². The van der Waals surface area contributed by atoms with Crippen molar-refractivity contribution in [3.05, 3.63) is 46.3 Å². The highest BCUT2D eigenvalue weighted by molar-refractivity contribution is 5.76. The maximum absolute atomic E-state index is 11.1. The molecule has 1 aromatic heterocycles. The Balaban J connectivity index is 0.000000383. The SMILES string of the molecule is CC(C)CO.CCCC(O)c1ccc2ccc(=O)oc2c1. The Morgan fingerprint density at radius 1 is 1.19 bits per heavy atom. The fourth-order valence-corrected chi connectivity index (χ4v) is 1.72. The summed E-state index contributed by atoms with van der Waals surface area (Å²) >= 11 is 0. The summed E-state index contributed by atoms with van der Waals surface area (Å²) in [6.07, 6.45) is 1.14. The van der Waals surface area contributed by atoms with Crippen LogP contribution < -0.4 is 5.63 Å². The Bertz CT molecular complexity index is 601. The van der Waals surface area contributed by atoms with Gasteiger partial charge >= 0.3 is 5.63 Å². The van der Waals surface area contributed by atoms with Crippen LogP contribution in [0.4, 0.5) is 0 Å². The van der Waals surface area contributed by atoms with Crippen molar-refractivity contribution in [2.45, 2.75) is 39.7 Å². The lowest BCUT2D eigenvalue weighted by atomic mass is 10.0. The number of aliphatic hydroxyl groups excluding tert-OH is 2. The summed E-state index contributed by atoms with van der Waals surface area (Å²) in [4.78, 5) is 11.1. The third-order valence-corrected chi connectivity index (χ3v) is 2.96. The fourth-order valence-electron chi connectivity index (χ4n) is 1.72. The van der Waals surface area contributed by atoms with Crippen molar-refractivity contribution in [2.24, 2.45) is 5.92 Å². The molecule has 1 atom stereocenters. The third kappa shape index (κ3) is 5.69. The highest BCUT2D eigenvalue weighted by atomic mass is 16.4. The largest absolute Gasteiger partial charge is 0.423 e. The molecule has 0 radical (unpaired) electrons. The molecule has 0 amide bonds. The molecule has 0 bridgehead atoms. The number of rotatable bonds is 4. The maximum Gasteiger partial charge on any atom is 0.336 e. The van der Waals surface area contributed by atoms with Gasteiger partial charge in [0.25, 0.3) is 0 Å². The molecule has 1 aromatic carbocycles. The van der Waals surface area contributed by atoms with E-state index in [-0.39, 0.29) is 5.63 Å². The van der Waals surface area contributed by atoms with E-state index in [4.69, 9.17) is 9.52 Å². The first kappa shape index (κ1) is 17.4. The summed E-state index contributed by atoms with van der Waals surface area (Å²) in [6, 6.07) is 8.56. The van der Waals surface area contributed by atoms with Gasteiger partial charge in [-0.05, 0) is 30.0 Å². The van der Waals surface area contributed by atoms with Gasteiger partial charge in [-0.2, -0.15) is 0 Å². The van der Waals surface area contributed by atoms with Crippen LogP contribution in [0.25, 0.3) is 11.0 Å². The molecule has 2 aromatic rings. The minimum Gasteiger partial charge on any atom is -0.423 e. The van der Waals surface area contributed by atoms with Crippen LogP contribution in [-0.4, -0.2) is 16.8 Å². The molecule has 0 aliphatic rings. The van der Waals surface area contributed by atoms with Gasteiger partial charge in [0.05, 0.1) is 6.10 Å². The van der Waals surface area contributed by atoms with E-state index in [2.05, 4.69) is 0 Å². The number of fused-ring (bicyclic) bond motifs is 1. The van der Waals surface area contributed by atoms with Crippen molar-refractivity contribution in [2.75, 3.05) is 6.61 Å². The van der Waals surface area contributed by atoms with E-state index in [1.165, 1.54) is 6.07 Å². The smallest absolute Gasteiger partial charge is 0.336 e. The zero-order valence-corrected chi connectivity index (χ0v) is 12.9. The molecule has 2 rings (SSSR count). The molecule has 4 nitrogen and oxygen atoms in total. The van der Waals surface area contributed by atoms with Gasteiger partial charge in [0.1, 0.15) is 5.58 Å². The second-order valence-electron chi connectivity index (χ2n) is 5.43. The fraction of sp³-hybridized carbons (Fsp3) is 0.471. The van der Waals surface area contributed by atoms with Gasteiger partial charge in [-0.25, -0.2) is 4.79 Å². The number of benzene rings is 1. The Morgan fingerprint density at radius 3 is 2.38 bits per heavy atom. The summed E-state index contributed by atoms with van der Waals surface area (Å²) in [5, 5.41) is 18.8. The van der Waals surface area contributed by atoms with Gasteiger partial charge in [0.2, 0.25) is 0 Å². The average Bonchev–Trinajstić information content (AvgIpc) is 2.47. The molecule has 0 spiro atoms. The lowest BCUT2D eigenvalue weighted by Gasteiger charge is -2.09. The van der Waals surface area contributed by atoms with Crippen LogP contribution in [0.15, 0.2) is 39.5 Å². The molecule has 0 aliphatic carbocycles. The highest BCUT2D eigenvalue weighted by Crippen LogP contribution is 2.22. The molecule has 0 fully saturated rings. The van der Waals surface area contributed by atoms with Crippen LogP contribution in [0.2, 0.25) is 0 Å². The molecular weight excluding hydrogens is 268 g/mol. The van der Waals surface area contributed by atoms with Crippen LogP contribution in [0.1, 0.15) is 45.3 Å². The Kier molecular flexibility index (Phi) is 7.12. The quantitative estimate of drug-likeness (QED) is 0.849. The monoisotopic (exact) mass is 292 g/mol. The average molecular weight is 292 g/mol. The predicted molar refractivity (Wildman–Crippen MR) is 84.3 cm³/mol. The minimum absolute atomic E-state index is 0.306. The predicted octanol–water partition coefficient (Wildman–Crippen LogP) is 3.26. The molecular formula is C17H24O4. The maximum atomic E-state index is 11.1. The Morgan fingerprint density at radius 2 is 1.81 bits per heavy atom. The van der Waals surface area contributed by atoms with Crippen molar-refractivity contribution in [3.8, 4) is 0 Å². The summed E-state index contributed by atoms with van der Waals surface area (Å²) < 4.78 is 5.06. The molecule has 1 unspecified atom stereocenters. The number of hydrogen-bond donors (Lipinski definition) is 2. The molecule has 4 heteroatoms. The normalized spacial score (nSPS) is 12.1. The molecule has 0 saturated carbocycles. The first-order valence-electron chi connectivity index (χ1n) is 7.30. The van der Waals surface area contributed by atoms with Crippen molar-refractivity contribution < 1.29 is 14.6 Å². The van der Waals surface area contributed by atoms with E-state index < -0.39 is 6.10 Å². The van der Waals surface area contributed by atoms with Crippen LogP contribution in [0.5, 0.6) is 0 Å². The van der Waals surface area contributed by atoms with E-state index in [9.17, 15) is 9.90 Å². The third-order valence-electron chi connectivity index (χ3n) is 2.96.